The maximum absolute atomic E-state index is 17.1. The number of benzene rings is 11. The number of imide groups is 2. The molecule has 0 radical (unpaired) electrons. The highest BCUT2D eigenvalue weighted by molar-refractivity contribution is 8.17. The predicted octanol–water partition coefficient (Wildman–Crippen LogP) is 20.0. The van der Waals surface area contributed by atoms with E-state index in [1.54, 1.807) is 94.1 Å². The minimum absolute atomic E-state index is 0.0163. The number of nitrogens with two attached hydrogens (primary N) is 8. The first kappa shape index (κ1) is 85.4. The number of anilines is 2. The highest BCUT2D eigenvalue weighted by atomic mass is 32.2. The van der Waals surface area contributed by atoms with Crippen molar-refractivity contribution in [2.75, 3.05) is 108 Å². The first-order chi connectivity index (χ1) is 55.3. The second-order valence-corrected chi connectivity index (χ2v) is 41.0. The lowest BCUT2D eigenvalue weighted by Crippen LogP contribution is -2.42. The van der Waals surface area contributed by atoms with Gasteiger partial charge in [0.1, 0.15) is 0 Å². The molecule has 22 heteroatoms. The van der Waals surface area contributed by atoms with Crippen LogP contribution in [0.5, 0.6) is 0 Å². The van der Waals surface area contributed by atoms with Crippen LogP contribution in [0.15, 0.2) is 158 Å². The van der Waals surface area contributed by atoms with Crippen molar-refractivity contribution in [3.63, 3.8) is 0 Å². The zero-order valence-electron chi connectivity index (χ0n) is 66.4. The van der Waals surface area contributed by atoms with Crippen LogP contribution in [-0.2, 0) is 0 Å². The Kier molecular flexibility index (Phi) is 28.8. The highest BCUT2D eigenvalue weighted by Crippen LogP contribution is 2.59. The Morgan fingerprint density at radius 1 is 0.246 bits per heavy atom. The van der Waals surface area contributed by atoms with Gasteiger partial charge in [-0.3, -0.25) is 19.2 Å². The molecule has 14 nitrogen and oxygen atoms in total. The Hall–Kier alpha value is -6.52. The molecule has 4 amide bonds. The molecule has 11 aromatic rings. The molecule has 0 saturated heterocycles. The van der Waals surface area contributed by atoms with Gasteiger partial charge in [0.2, 0.25) is 0 Å². The van der Waals surface area contributed by atoms with E-state index in [9.17, 15) is 0 Å². The molecule has 0 atom stereocenters. The fourth-order valence-electron chi connectivity index (χ4n) is 16.2. The smallest absolute Gasteiger partial charge is 0.266 e. The third-order valence-corrected chi connectivity index (χ3v) is 32.9. The van der Waals surface area contributed by atoms with E-state index in [2.05, 4.69) is 152 Å². The molecule has 0 bridgehead atoms. The summed E-state index contributed by atoms with van der Waals surface area (Å²) in [5.41, 5.74) is 66.6. The maximum Gasteiger partial charge on any atom is 0.266 e. The summed E-state index contributed by atoms with van der Waals surface area (Å²) in [5, 5.41) is 5.50. The summed E-state index contributed by atoms with van der Waals surface area (Å²) < 4.78 is 0.0652. The number of hydrogen-bond donors (Lipinski definition) is 8. The first-order valence-electron chi connectivity index (χ1n) is 39.6. The summed E-state index contributed by atoms with van der Waals surface area (Å²) in [5.74, 6) is 3.90. The minimum atomic E-state index is -0.437. The van der Waals surface area contributed by atoms with Gasteiger partial charge in [0.25, 0.3) is 23.6 Å². The van der Waals surface area contributed by atoms with E-state index in [0.29, 0.717) is 108 Å². The summed E-state index contributed by atoms with van der Waals surface area (Å²) in [6, 6.07) is 55.3. The Morgan fingerprint density at radius 3 is 0.596 bits per heavy atom. The molecule has 0 unspecified atom stereocenters. The van der Waals surface area contributed by atoms with Crippen LogP contribution in [0.3, 0.4) is 0 Å². The van der Waals surface area contributed by atoms with Crippen LogP contribution in [0.1, 0.15) is 183 Å². The molecule has 596 valence electrons. The molecule has 2 aliphatic rings. The third kappa shape index (κ3) is 16.8. The second kappa shape index (κ2) is 38.5. The van der Waals surface area contributed by atoms with Gasteiger partial charge in [-0.15, -0.1) is 94.1 Å². The molecular weight excluding hydrogens is 1570 g/mol. The Morgan fingerprint density at radius 2 is 0.430 bits per heavy atom. The minimum Gasteiger partial charge on any atom is -0.330 e. The fraction of sp³-hybridized carbons (Fsp3) is 0.348. The lowest BCUT2D eigenvalue weighted by atomic mass is 9.74. The molecule has 11 aromatic carbocycles. The second-order valence-electron chi connectivity index (χ2n) is 30.1. The number of nitrogens with zero attached hydrogens (tertiary/aromatic N) is 2. The number of carbonyl (C=O) groups excluding carboxylic acids is 4. The molecule has 0 aromatic heterocycles. The van der Waals surface area contributed by atoms with Crippen LogP contribution < -0.4 is 55.7 Å². The quantitative estimate of drug-likeness (QED) is 0.00772. The molecule has 0 aliphatic carbocycles. The Balaban J connectivity index is 1.29. The Labute approximate surface area is 705 Å². The monoisotopic (exact) mass is 1670 g/mol. The summed E-state index contributed by atoms with van der Waals surface area (Å²) in [4.78, 5) is 71.4. The van der Waals surface area contributed by atoms with Gasteiger partial charge in [-0.05, 0) is 158 Å². The average molecular weight is 1670 g/mol. The van der Waals surface area contributed by atoms with Crippen molar-refractivity contribution in [3.8, 4) is 44.5 Å². The van der Waals surface area contributed by atoms with E-state index in [0.717, 1.165) is 157 Å². The summed E-state index contributed by atoms with van der Waals surface area (Å²) in [7, 11) is 0. The lowest BCUT2D eigenvalue weighted by molar-refractivity contribution is 0.0877. The molecule has 0 saturated carbocycles. The number of hydrogen-bond acceptors (Lipinski definition) is 20. The number of thioether (sulfide) groups is 8. The van der Waals surface area contributed by atoms with Crippen LogP contribution in [0.2, 0.25) is 0 Å². The van der Waals surface area contributed by atoms with Crippen molar-refractivity contribution in [2.24, 2.45) is 45.9 Å². The normalized spacial score (nSPS) is 13.4. The van der Waals surface area contributed by atoms with Crippen molar-refractivity contribution < 1.29 is 19.2 Å². The fourth-order valence-corrected chi connectivity index (χ4v) is 25.6. The summed E-state index contributed by atoms with van der Waals surface area (Å²) in [6.07, 6.45) is 0. The van der Waals surface area contributed by atoms with Gasteiger partial charge in [0, 0.05) is 142 Å². The molecule has 13 rings (SSSR count). The first-order valence-corrected chi connectivity index (χ1v) is 48.0. The van der Waals surface area contributed by atoms with E-state index >= 15 is 19.2 Å². The van der Waals surface area contributed by atoms with Crippen LogP contribution in [0, 0.1) is 0 Å². The molecule has 0 fully saturated rings. The molecule has 114 heavy (non-hydrogen) atoms. The van der Waals surface area contributed by atoms with Gasteiger partial charge in [-0.1, -0.05) is 189 Å². The number of rotatable bonds is 38. The highest BCUT2D eigenvalue weighted by Gasteiger charge is 2.44. The van der Waals surface area contributed by atoms with Gasteiger partial charge < -0.3 is 45.9 Å². The van der Waals surface area contributed by atoms with Crippen molar-refractivity contribution >= 4 is 172 Å². The van der Waals surface area contributed by atoms with Gasteiger partial charge in [-0.2, -0.15) is 0 Å². The summed E-state index contributed by atoms with van der Waals surface area (Å²) in [6.45, 7) is 21.0. The van der Waals surface area contributed by atoms with Crippen molar-refractivity contribution in [1.82, 2.24) is 0 Å². The van der Waals surface area contributed by atoms with E-state index in [4.69, 9.17) is 45.9 Å². The molecule has 2 aliphatic heterocycles. The molecule has 2 heterocycles. The standard InChI is InChI=1S/C92H106N10O4S8/c1-51(2)63-11-9-12-64(52(3)4)83(63)101-85(103)71-47-67(55-15-23-59(24-16-55)89(107-39-31-93)108-40-32-94)77-79-69(57-19-27-61(28-20-57)91(111-43-35-97)112-44-36-98)49-73-76-74(88(106)102(87(73)105)84-65(53(5)6)13-10-14-66(84)54(7)8)50-70(58-21-29-62(30-22-58)92(113-45-37-99)114-46-38-100)80(82(76)79)78-68(48-72(86(101)104)75(71)81(77)78)56-17-25-60(26-18-56)90(109-41-33-95)110-42-34-96/h9-30,47-54,89-92H,31-46,93-100H2,1-8H3. The van der Waals surface area contributed by atoms with E-state index in [1.165, 1.54) is 9.80 Å². The maximum atomic E-state index is 17.1. The molecule has 0 spiro atoms. The van der Waals surface area contributed by atoms with E-state index in [1.807, 2.05) is 60.7 Å². The van der Waals surface area contributed by atoms with Gasteiger partial charge >= 0.3 is 0 Å². The SMILES string of the molecule is CC(C)c1cccc(C(C)C)c1N1C(=O)c2cc(-c3ccc(C(SCCN)SCCN)cc3)c3c4c(-c5ccc(C(SCCN)SCCN)cc5)cc5c6c(cc(-c7ccc(C(SCCN)SCCN)cc7)c(c7c(-c8ccc(C(SCCN)SCCN)cc8)cc(c2c37)C1=O)c64)C(=O)N(c1c(C(C)C)cccc1C(C)C)C5=O. The largest absolute Gasteiger partial charge is 0.330 e. The molecule has 16 N–H and O–H groups in total. The lowest BCUT2D eigenvalue weighted by Gasteiger charge is -2.35. The topological polar surface area (TPSA) is 283 Å². The van der Waals surface area contributed by atoms with Crippen LogP contribution in [-0.4, -0.2) is 122 Å². The number of para-hydroxylation sites is 2. The molecular formula is C92H106N10O4S8. The number of fused-ring (bicyclic) bond motifs is 2. The van der Waals surface area contributed by atoms with Crippen LogP contribution in [0.25, 0.3) is 87.6 Å². The van der Waals surface area contributed by atoms with Crippen LogP contribution >= 0.6 is 94.1 Å². The number of carbonyl (C=O) groups is 4. The zero-order chi connectivity index (χ0) is 80.8. The average Bonchev–Trinajstić information content (AvgIpc) is 0.666. The number of amides is 4. The third-order valence-electron chi connectivity index (χ3n) is 21.2. The predicted molar refractivity (Wildman–Crippen MR) is 504 cm³/mol. The van der Waals surface area contributed by atoms with E-state index in [-0.39, 0.29) is 42.0 Å². The Bertz CT molecular complexity index is 4650. The van der Waals surface area contributed by atoms with Crippen LogP contribution in [0.4, 0.5) is 11.4 Å². The zero-order valence-corrected chi connectivity index (χ0v) is 72.9. The van der Waals surface area contributed by atoms with Crippen molar-refractivity contribution in [2.45, 2.75) is 97.4 Å². The van der Waals surface area contributed by atoms with Gasteiger partial charge in [0.15, 0.2) is 0 Å². The van der Waals surface area contributed by atoms with Crippen molar-refractivity contribution in [1.29, 1.82) is 0 Å². The van der Waals surface area contributed by atoms with E-state index < -0.39 is 23.6 Å². The summed E-state index contributed by atoms with van der Waals surface area (Å²) >= 11 is 14.3. The van der Waals surface area contributed by atoms with Gasteiger partial charge in [0.05, 0.1) is 29.7 Å². The van der Waals surface area contributed by atoms with Crippen molar-refractivity contribution in [3.05, 3.63) is 224 Å². The van der Waals surface area contributed by atoms with Gasteiger partial charge in [-0.25, -0.2) is 9.80 Å².